The van der Waals surface area contributed by atoms with Gasteiger partial charge in [-0.1, -0.05) is 13.8 Å². The Morgan fingerprint density at radius 2 is 1.54 bits per heavy atom. The van der Waals surface area contributed by atoms with Gasteiger partial charge in [0.1, 0.15) is 30.2 Å². The van der Waals surface area contributed by atoms with E-state index in [4.69, 9.17) is 31.5 Å². The van der Waals surface area contributed by atoms with Crippen LogP contribution in [0.3, 0.4) is 0 Å². The fourth-order valence-corrected chi connectivity index (χ4v) is 7.45. The highest BCUT2D eigenvalue weighted by Crippen LogP contribution is 2.34. The van der Waals surface area contributed by atoms with E-state index in [-0.39, 0.29) is 72.9 Å². The van der Waals surface area contributed by atoms with Gasteiger partial charge in [0.25, 0.3) is 5.91 Å². The average Bonchev–Trinajstić information content (AvgIpc) is 3.84. The van der Waals surface area contributed by atoms with Crippen molar-refractivity contribution >= 4 is 68.1 Å². The molecule has 5 atom stereocenters. The fraction of sp³-hybridized carbons (Fsp3) is 0.442. The molecule has 3 heterocycles. The largest absolute Gasteiger partial charge is 0.387 e. The molecular formula is C43H54N10O11S. The summed E-state index contributed by atoms with van der Waals surface area (Å²) < 4.78 is 45.5. The Labute approximate surface area is 376 Å². The van der Waals surface area contributed by atoms with E-state index < -0.39 is 59.3 Å². The number of hydrogen-bond donors (Lipinski definition) is 7. The van der Waals surface area contributed by atoms with Crippen LogP contribution in [-0.2, 0) is 43.1 Å². The molecule has 21 nitrogen and oxygen atoms in total. The lowest BCUT2D eigenvalue weighted by Crippen LogP contribution is -2.45. The molecule has 0 radical (unpaired) electrons. The number of anilines is 3. The first kappa shape index (κ1) is 49.7. The van der Waals surface area contributed by atoms with Gasteiger partial charge in [0.05, 0.1) is 19.0 Å². The second-order valence-corrected chi connectivity index (χ2v) is 17.0. The predicted octanol–water partition coefficient (Wildman–Crippen LogP) is 2.09. The maximum absolute atomic E-state index is 13.0. The van der Waals surface area contributed by atoms with Gasteiger partial charge < -0.3 is 42.0 Å². The lowest BCUT2D eigenvalue weighted by molar-refractivity contribution is -0.124. The van der Waals surface area contributed by atoms with Crippen LogP contribution in [0.4, 0.5) is 17.2 Å². The Balaban J connectivity index is 1.04. The summed E-state index contributed by atoms with van der Waals surface area (Å²) in [5.74, 6) is 0.543. The summed E-state index contributed by atoms with van der Waals surface area (Å²) in [6, 6.07) is 11.8. The van der Waals surface area contributed by atoms with Crippen LogP contribution in [0.15, 0.2) is 61.2 Å². The molecule has 1 aliphatic rings. The molecule has 0 saturated carbocycles. The lowest BCUT2D eigenvalue weighted by atomic mass is 10.0. The quantitative estimate of drug-likeness (QED) is 0.0301. The molecule has 65 heavy (non-hydrogen) atoms. The van der Waals surface area contributed by atoms with Crippen LogP contribution < -0.4 is 32.1 Å². The number of terminal acetylenes is 1. The number of rotatable bonds is 24. The molecule has 5 rings (SSSR count). The number of fused-ring (bicyclic) bond motifs is 1. The summed E-state index contributed by atoms with van der Waals surface area (Å²) in [4.78, 5) is 74.9. The maximum Gasteiger partial charge on any atom is 0.362 e. The lowest BCUT2D eigenvalue weighted by Gasteiger charge is -2.22. The number of nitrogens with two attached hydrogens (primary N) is 2. The van der Waals surface area contributed by atoms with Crippen LogP contribution in [0.25, 0.3) is 11.2 Å². The third-order valence-corrected chi connectivity index (χ3v) is 10.9. The second kappa shape index (κ2) is 23.5. The number of carbonyl (C=O) groups excluding carboxylic acids is 5. The van der Waals surface area contributed by atoms with Gasteiger partial charge >= 0.3 is 10.3 Å². The van der Waals surface area contributed by atoms with Gasteiger partial charge in [-0.15, -0.1) is 12.3 Å². The number of ketones is 1. The molecule has 0 bridgehead atoms. The van der Waals surface area contributed by atoms with Crippen molar-refractivity contribution in [1.82, 2.24) is 29.6 Å². The minimum absolute atomic E-state index is 0.0388. The van der Waals surface area contributed by atoms with Crippen molar-refractivity contribution in [3.63, 3.8) is 0 Å². The number of imidazole rings is 1. The minimum atomic E-state index is -4.62. The molecule has 4 amide bonds. The van der Waals surface area contributed by atoms with Crippen molar-refractivity contribution < 1.29 is 51.2 Å². The second-order valence-electron chi connectivity index (χ2n) is 15.6. The van der Waals surface area contributed by atoms with E-state index in [1.165, 1.54) is 17.2 Å². The molecular weight excluding hydrogens is 865 g/mol. The Bertz CT molecular complexity index is 2440. The van der Waals surface area contributed by atoms with Crippen molar-refractivity contribution in [1.29, 1.82) is 0 Å². The van der Waals surface area contributed by atoms with Crippen LogP contribution in [0.1, 0.15) is 87.4 Å². The average molecular weight is 919 g/mol. The highest BCUT2D eigenvalue weighted by molar-refractivity contribution is 7.85. The van der Waals surface area contributed by atoms with Gasteiger partial charge in [-0.25, -0.2) is 19.7 Å². The number of unbranched alkanes of at least 4 members (excludes halogenated alkanes) is 2. The number of aliphatic hydroxyl groups excluding tert-OH is 1. The monoisotopic (exact) mass is 918 g/mol. The van der Waals surface area contributed by atoms with Gasteiger partial charge in [0.15, 0.2) is 23.5 Å². The van der Waals surface area contributed by atoms with Gasteiger partial charge in [0.2, 0.25) is 17.7 Å². The summed E-state index contributed by atoms with van der Waals surface area (Å²) >= 11 is 0. The Kier molecular flexibility index (Phi) is 18.0. The van der Waals surface area contributed by atoms with E-state index in [9.17, 15) is 37.5 Å². The van der Waals surface area contributed by atoms with Gasteiger partial charge in [0, 0.05) is 61.3 Å². The number of nitrogens with zero attached hydrogens (tertiary/aromatic N) is 4. The molecule has 1 fully saturated rings. The predicted molar refractivity (Wildman–Crippen MR) is 238 cm³/mol. The Morgan fingerprint density at radius 1 is 0.908 bits per heavy atom. The zero-order valence-corrected chi connectivity index (χ0v) is 36.8. The third kappa shape index (κ3) is 14.6. The molecule has 0 spiro atoms. The standard InChI is InChI=1S/C43H54N10O11S/c1-4-5-6-9-34(55)50-29-14-10-27(11-15-29)37(57)28-12-16-30(17-13-28)51-35(56)19-18-33(54)46-20-7-8-21-62-39-38(58)32(23-63-65(60,61)52-42(59)31(44)22-26(2)3)64-43(39)53-25-49-36-40(45)47-24-48-41(36)53/h1,10-17,24-26,31-32,38-39,43,58H,5-9,18-23,44H2,2-3H3,(H,46,54)(H,50,55)(H,51,56)(H,52,59)(H2,45,47,48)/t31-,32+,38+,39+,43+/m0/s1. The topological polar surface area (TPSA) is 311 Å². The van der Waals surface area contributed by atoms with E-state index >= 15 is 0 Å². The maximum atomic E-state index is 13.0. The SMILES string of the molecule is C#CCCCC(=O)Nc1ccc(C(=O)c2ccc(NC(=O)CCC(=O)NCCCCO[C@@H]3[C@H](O)[C@@H](COS(=O)(=O)NC(=O)[C@@H](N)CC(C)C)O[C@H]3n3cnc4c(N)ncnc43)cc2)cc1. The number of carbonyl (C=O) groups is 5. The minimum Gasteiger partial charge on any atom is -0.387 e. The van der Waals surface area contributed by atoms with Crippen LogP contribution >= 0.6 is 0 Å². The number of aliphatic hydroxyl groups is 1. The third-order valence-electron chi connectivity index (χ3n) is 10.0. The number of nitrogen functional groups attached to an aromatic ring is 1. The molecule has 2 aromatic carbocycles. The van der Waals surface area contributed by atoms with Crippen molar-refractivity contribution in [3.8, 4) is 12.3 Å². The van der Waals surface area contributed by atoms with Gasteiger partial charge in [-0.2, -0.15) is 8.42 Å². The number of hydrogen-bond acceptors (Lipinski definition) is 16. The van der Waals surface area contributed by atoms with E-state index in [1.807, 2.05) is 13.8 Å². The number of amides is 4. The molecule has 348 valence electrons. The number of ether oxygens (including phenoxy) is 2. The smallest absolute Gasteiger partial charge is 0.362 e. The van der Waals surface area contributed by atoms with Crippen LogP contribution in [0.2, 0.25) is 0 Å². The van der Waals surface area contributed by atoms with Crippen molar-refractivity contribution in [2.24, 2.45) is 11.7 Å². The number of aromatic nitrogens is 4. The summed E-state index contributed by atoms with van der Waals surface area (Å²) in [7, 11) is -4.62. The number of benzene rings is 2. The highest BCUT2D eigenvalue weighted by atomic mass is 32.2. The van der Waals surface area contributed by atoms with Crippen LogP contribution in [-0.4, -0.2) is 107 Å². The Hall–Kier alpha value is -6.35. The molecule has 1 aliphatic heterocycles. The molecule has 22 heteroatoms. The Morgan fingerprint density at radius 3 is 2.17 bits per heavy atom. The van der Waals surface area contributed by atoms with Crippen molar-refractivity contribution in [3.05, 3.63) is 72.3 Å². The molecule has 4 aromatic rings. The zero-order valence-electron chi connectivity index (χ0n) is 36.0. The van der Waals surface area contributed by atoms with Crippen molar-refractivity contribution in [2.75, 3.05) is 36.1 Å². The zero-order chi connectivity index (χ0) is 47.1. The van der Waals surface area contributed by atoms with Crippen LogP contribution in [0, 0.1) is 18.3 Å². The highest BCUT2D eigenvalue weighted by Gasteiger charge is 2.47. The fourth-order valence-electron chi connectivity index (χ4n) is 6.68. The first-order valence-electron chi connectivity index (χ1n) is 20.9. The molecule has 0 unspecified atom stereocenters. The first-order valence-corrected chi connectivity index (χ1v) is 22.4. The molecule has 1 saturated heterocycles. The first-order chi connectivity index (χ1) is 31.0. The normalized spacial score (nSPS) is 17.6. The van der Waals surface area contributed by atoms with Crippen molar-refractivity contribution in [2.45, 2.75) is 95.8 Å². The summed E-state index contributed by atoms with van der Waals surface area (Å²) in [6.07, 6.45) is 5.38. The van der Waals surface area contributed by atoms with Crippen LogP contribution in [0.5, 0.6) is 0 Å². The van der Waals surface area contributed by atoms with Gasteiger partial charge in [-0.05, 0) is 80.1 Å². The van der Waals surface area contributed by atoms with E-state index in [0.29, 0.717) is 54.6 Å². The van der Waals surface area contributed by atoms with E-state index in [0.717, 1.165) is 0 Å². The molecule has 2 aromatic heterocycles. The molecule has 9 N–H and O–H groups in total. The summed E-state index contributed by atoms with van der Waals surface area (Å²) in [6.45, 7) is 3.33. The molecule has 0 aliphatic carbocycles. The summed E-state index contributed by atoms with van der Waals surface area (Å²) in [5.41, 5.74) is 14.1. The number of nitrogens with one attached hydrogen (secondary N) is 4. The van der Waals surface area contributed by atoms with E-state index in [1.54, 1.807) is 53.3 Å². The summed E-state index contributed by atoms with van der Waals surface area (Å²) in [5, 5.41) is 19.5. The van der Waals surface area contributed by atoms with Gasteiger partial charge in [-0.3, -0.25) is 32.7 Å². The van der Waals surface area contributed by atoms with E-state index in [2.05, 4.69) is 36.8 Å².